The lowest BCUT2D eigenvalue weighted by molar-refractivity contribution is -0.141. The fraction of sp³-hybridized carbons (Fsp3) is 0.400. The van der Waals surface area contributed by atoms with Gasteiger partial charge in [0.25, 0.3) is 6.01 Å². The van der Waals surface area contributed by atoms with Crippen molar-refractivity contribution >= 4 is 22.7 Å². The van der Waals surface area contributed by atoms with E-state index in [0.29, 0.717) is 24.6 Å². The van der Waals surface area contributed by atoms with Crippen molar-refractivity contribution in [2.45, 2.75) is 32.4 Å². The smallest absolute Gasteiger partial charge is 0.420 e. The standard InChI is InChI=1S/C20H20F3N3O2/c1-12-3-2-8-26(11-12)19-25-18(20(21,22)23)17(28-19)16(27)10-13-4-5-15-14(9-13)6-7-24-15/h4-7,9,12,24H,2-3,8,10-11H2,1H3. The minimum atomic E-state index is -4.75. The molecule has 1 aliphatic rings. The van der Waals surface area contributed by atoms with Crippen LogP contribution in [0.1, 0.15) is 41.6 Å². The van der Waals surface area contributed by atoms with Crippen molar-refractivity contribution in [1.29, 1.82) is 0 Å². The average molecular weight is 391 g/mol. The molecule has 3 aromatic rings. The molecule has 1 aromatic carbocycles. The molecular formula is C20H20F3N3O2. The summed E-state index contributed by atoms with van der Waals surface area (Å²) >= 11 is 0. The van der Waals surface area contributed by atoms with Crippen LogP contribution in [0.25, 0.3) is 10.9 Å². The van der Waals surface area contributed by atoms with E-state index in [-0.39, 0.29) is 12.4 Å². The highest BCUT2D eigenvalue weighted by molar-refractivity contribution is 5.97. The number of H-pyrrole nitrogens is 1. The number of carbonyl (C=O) groups excluding carboxylic acids is 1. The maximum absolute atomic E-state index is 13.5. The highest BCUT2D eigenvalue weighted by Crippen LogP contribution is 2.35. The van der Waals surface area contributed by atoms with Gasteiger partial charge in [0.2, 0.25) is 11.5 Å². The number of carbonyl (C=O) groups is 1. The van der Waals surface area contributed by atoms with Crippen molar-refractivity contribution in [3.63, 3.8) is 0 Å². The Kier molecular flexibility index (Phi) is 4.64. The number of piperidine rings is 1. The highest BCUT2D eigenvalue weighted by Gasteiger charge is 2.42. The van der Waals surface area contributed by atoms with Crippen molar-refractivity contribution < 1.29 is 22.4 Å². The van der Waals surface area contributed by atoms with E-state index in [1.807, 2.05) is 13.0 Å². The number of ketones is 1. The summed E-state index contributed by atoms with van der Waals surface area (Å²) in [6.07, 6.45) is -1.31. The van der Waals surface area contributed by atoms with Crippen LogP contribution in [0.15, 0.2) is 34.9 Å². The molecule has 0 spiro atoms. The molecule has 1 aliphatic heterocycles. The van der Waals surface area contributed by atoms with Crippen LogP contribution in [-0.2, 0) is 12.6 Å². The van der Waals surface area contributed by atoms with Crippen LogP contribution in [0.5, 0.6) is 0 Å². The van der Waals surface area contributed by atoms with Crippen molar-refractivity contribution in [3.05, 3.63) is 47.5 Å². The van der Waals surface area contributed by atoms with Gasteiger partial charge >= 0.3 is 6.18 Å². The Hall–Kier alpha value is -2.77. The first-order valence-electron chi connectivity index (χ1n) is 9.23. The van der Waals surface area contributed by atoms with Gasteiger partial charge in [-0.25, -0.2) is 0 Å². The second-order valence-corrected chi connectivity index (χ2v) is 7.36. The number of nitrogens with zero attached hydrogens (tertiary/aromatic N) is 2. The zero-order chi connectivity index (χ0) is 19.9. The van der Waals surface area contributed by atoms with Gasteiger partial charge in [-0.15, -0.1) is 0 Å². The Morgan fingerprint density at radius 3 is 2.93 bits per heavy atom. The number of benzene rings is 1. The number of nitrogens with one attached hydrogen (secondary N) is 1. The molecule has 0 saturated carbocycles. The number of aromatic amines is 1. The number of halogens is 3. The van der Waals surface area contributed by atoms with E-state index in [1.54, 1.807) is 29.3 Å². The average Bonchev–Trinajstić information content (AvgIpc) is 3.28. The molecule has 0 bridgehead atoms. The van der Waals surface area contributed by atoms with E-state index in [1.165, 1.54) is 0 Å². The Balaban J connectivity index is 1.63. The van der Waals surface area contributed by atoms with Crippen LogP contribution < -0.4 is 4.90 Å². The number of hydrogen-bond donors (Lipinski definition) is 1. The topological polar surface area (TPSA) is 62.1 Å². The summed E-state index contributed by atoms with van der Waals surface area (Å²) in [5.41, 5.74) is 0.275. The molecule has 148 valence electrons. The predicted molar refractivity (Wildman–Crippen MR) is 98.4 cm³/mol. The molecular weight excluding hydrogens is 371 g/mol. The maximum atomic E-state index is 13.5. The second-order valence-electron chi connectivity index (χ2n) is 7.36. The molecule has 4 rings (SSSR count). The fourth-order valence-corrected chi connectivity index (χ4v) is 3.67. The summed E-state index contributed by atoms with van der Waals surface area (Å²) in [5.74, 6) is -1.11. The van der Waals surface area contributed by atoms with Crippen molar-refractivity contribution in [3.8, 4) is 0 Å². The van der Waals surface area contributed by atoms with Gasteiger partial charge in [0.15, 0.2) is 5.69 Å². The summed E-state index contributed by atoms with van der Waals surface area (Å²) in [4.78, 5) is 21.0. The lowest BCUT2D eigenvalue weighted by Crippen LogP contribution is -2.34. The van der Waals surface area contributed by atoms with Crippen LogP contribution in [0.2, 0.25) is 0 Å². The van der Waals surface area contributed by atoms with Gasteiger partial charge in [-0.2, -0.15) is 18.2 Å². The second kappa shape index (κ2) is 7.00. The quantitative estimate of drug-likeness (QED) is 0.647. The van der Waals surface area contributed by atoms with Gasteiger partial charge in [-0.05, 0) is 47.9 Å². The normalized spacial score (nSPS) is 18.0. The molecule has 1 saturated heterocycles. The van der Waals surface area contributed by atoms with Gasteiger partial charge in [0.1, 0.15) is 0 Å². The fourth-order valence-electron chi connectivity index (χ4n) is 3.67. The minimum absolute atomic E-state index is 0.122. The molecule has 5 nitrogen and oxygen atoms in total. The Morgan fingerprint density at radius 2 is 2.18 bits per heavy atom. The maximum Gasteiger partial charge on any atom is 0.437 e. The van der Waals surface area contributed by atoms with E-state index < -0.39 is 23.4 Å². The number of alkyl halides is 3. The third-order valence-electron chi connectivity index (χ3n) is 5.05. The number of fused-ring (bicyclic) bond motifs is 1. The van der Waals surface area contributed by atoms with Crippen LogP contribution in [0.4, 0.5) is 19.2 Å². The number of oxazole rings is 1. The molecule has 1 atom stereocenters. The van der Waals surface area contributed by atoms with E-state index in [4.69, 9.17) is 4.42 Å². The molecule has 0 amide bonds. The third kappa shape index (κ3) is 3.63. The Morgan fingerprint density at radius 1 is 1.36 bits per heavy atom. The van der Waals surface area contributed by atoms with E-state index in [0.717, 1.165) is 23.7 Å². The minimum Gasteiger partial charge on any atom is -0.420 e. The first-order valence-corrected chi connectivity index (χ1v) is 9.23. The first kappa shape index (κ1) is 18.6. The van der Waals surface area contributed by atoms with Gasteiger partial charge in [0, 0.05) is 31.2 Å². The lowest BCUT2D eigenvalue weighted by atomic mass is 10.0. The lowest BCUT2D eigenvalue weighted by Gasteiger charge is -2.29. The number of aromatic nitrogens is 2. The van der Waals surface area contributed by atoms with Crippen LogP contribution in [0, 0.1) is 5.92 Å². The number of anilines is 1. The molecule has 1 unspecified atom stereocenters. The zero-order valence-electron chi connectivity index (χ0n) is 15.3. The Bertz CT molecular complexity index is 1010. The molecule has 2 aromatic heterocycles. The van der Waals surface area contributed by atoms with Crippen molar-refractivity contribution in [1.82, 2.24) is 9.97 Å². The Labute approximate surface area is 159 Å². The van der Waals surface area contributed by atoms with Crippen molar-refractivity contribution in [2.75, 3.05) is 18.0 Å². The summed E-state index contributed by atoms with van der Waals surface area (Å²) < 4.78 is 45.8. The largest absolute Gasteiger partial charge is 0.437 e. The van der Waals surface area contributed by atoms with Crippen molar-refractivity contribution in [2.24, 2.45) is 5.92 Å². The van der Waals surface area contributed by atoms with Gasteiger partial charge < -0.3 is 14.3 Å². The molecule has 1 fully saturated rings. The monoisotopic (exact) mass is 391 g/mol. The number of rotatable bonds is 4. The summed E-state index contributed by atoms with van der Waals surface area (Å²) in [6.45, 7) is 3.17. The SMILES string of the molecule is CC1CCCN(c2nc(C(F)(F)F)c(C(=O)Cc3ccc4[nH]ccc4c3)o2)C1. The summed E-state index contributed by atoms with van der Waals surface area (Å²) in [6, 6.07) is 7.01. The summed E-state index contributed by atoms with van der Waals surface area (Å²) in [5, 5.41) is 0.891. The van der Waals surface area contributed by atoms with Crippen LogP contribution in [0.3, 0.4) is 0 Å². The highest BCUT2D eigenvalue weighted by atomic mass is 19.4. The van der Waals surface area contributed by atoms with Crippen LogP contribution in [-0.4, -0.2) is 28.8 Å². The van der Waals surface area contributed by atoms with Gasteiger partial charge in [-0.1, -0.05) is 13.0 Å². The zero-order valence-corrected chi connectivity index (χ0v) is 15.3. The van der Waals surface area contributed by atoms with E-state index in [9.17, 15) is 18.0 Å². The van der Waals surface area contributed by atoms with E-state index >= 15 is 0 Å². The molecule has 3 heterocycles. The third-order valence-corrected chi connectivity index (χ3v) is 5.05. The molecule has 8 heteroatoms. The van der Waals surface area contributed by atoms with Gasteiger partial charge in [-0.3, -0.25) is 4.79 Å². The molecule has 0 aliphatic carbocycles. The summed E-state index contributed by atoms with van der Waals surface area (Å²) in [7, 11) is 0. The first-order chi connectivity index (χ1) is 13.3. The number of hydrogen-bond acceptors (Lipinski definition) is 4. The van der Waals surface area contributed by atoms with E-state index in [2.05, 4.69) is 9.97 Å². The number of Topliss-reactive ketones (excluding diaryl/α,β-unsaturated/α-hetero) is 1. The predicted octanol–water partition coefficient (Wildman–Crippen LogP) is 4.84. The molecule has 28 heavy (non-hydrogen) atoms. The van der Waals surface area contributed by atoms with Gasteiger partial charge in [0.05, 0.1) is 0 Å². The molecule has 1 N–H and O–H groups in total. The van der Waals surface area contributed by atoms with Crippen LogP contribution >= 0.6 is 0 Å². The molecule has 0 radical (unpaired) electrons.